The van der Waals surface area contributed by atoms with E-state index in [1.165, 1.54) is 6.20 Å². The van der Waals surface area contributed by atoms with Crippen molar-refractivity contribution < 1.29 is 9.90 Å². The van der Waals surface area contributed by atoms with Crippen LogP contribution in [0.15, 0.2) is 73.6 Å². The predicted octanol–water partition coefficient (Wildman–Crippen LogP) is 3.79. The van der Waals surface area contributed by atoms with Gasteiger partial charge in [-0.1, -0.05) is 18.7 Å². The first-order valence-electron chi connectivity index (χ1n) is 9.34. The van der Waals surface area contributed by atoms with Crippen molar-refractivity contribution in [2.24, 2.45) is 0 Å². The van der Waals surface area contributed by atoms with E-state index in [1.807, 2.05) is 37.4 Å². The van der Waals surface area contributed by atoms with Gasteiger partial charge in [0.25, 0.3) is 0 Å². The summed E-state index contributed by atoms with van der Waals surface area (Å²) in [6.45, 7) is 6.40. The monoisotopic (exact) mass is 402 g/mol. The van der Waals surface area contributed by atoms with E-state index in [2.05, 4.69) is 37.1 Å². The van der Waals surface area contributed by atoms with E-state index in [1.54, 1.807) is 24.7 Å². The molecule has 0 aliphatic heterocycles. The summed E-state index contributed by atoms with van der Waals surface area (Å²) in [5.41, 5.74) is 3.10. The summed E-state index contributed by atoms with van der Waals surface area (Å²) in [5.74, 6) is -0.0978. The Kier molecular flexibility index (Phi) is 6.83. The van der Waals surface area contributed by atoms with E-state index >= 15 is 0 Å². The molecule has 0 radical (unpaired) electrons. The van der Waals surface area contributed by atoms with Crippen LogP contribution in [0.5, 0.6) is 0 Å². The third kappa shape index (κ3) is 5.48. The molecule has 0 unspecified atom stereocenters. The zero-order valence-electron chi connectivity index (χ0n) is 16.5. The Morgan fingerprint density at radius 2 is 2.10 bits per heavy atom. The van der Waals surface area contributed by atoms with Crippen LogP contribution < -0.4 is 10.6 Å². The SMILES string of the molecule is C=C(/C=C/C)Nc1ncc(-c2cncc(C(=O)O)c2)c(NCCc2cccnc2)n1. The summed E-state index contributed by atoms with van der Waals surface area (Å²) in [6, 6.07) is 5.44. The standard InChI is InChI=1S/C22H22N6O2/c1-3-5-15(2)27-22-26-14-19(17-10-18(21(29)30)13-24-12-17)20(28-22)25-9-7-16-6-4-8-23-11-16/h3-6,8,10-14H,2,7,9H2,1H3,(H,29,30)(H2,25,26,27,28)/b5-3+. The Morgan fingerprint density at radius 3 is 2.83 bits per heavy atom. The highest BCUT2D eigenvalue weighted by Crippen LogP contribution is 2.27. The third-order valence-electron chi connectivity index (χ3n) is 4.15. The summed E-state index contributed by atoms with van der Waals surface area (Å²) in [7, 11) is 0. The number of hydrogen-bond donors (Lipinski definition) is 3. The number of nitrogens with zero attached hydrogens (tertiary/aromatic N) is 4. The molecule has 8 heteroatoms. The first-order chi connectivity index (χ1) is 14.6. The first-order valence-corrected chi connectivity index (χ1v) is 9.34. The van der Waals surface area contributed by atoms with E-state index in [0.29, 0.717) is 35.1 Å². The molecule has 0 saturated heterocycles. The Balaban J connectivity index is 1.89. The summed E-state index contributed by atoms with van der Waals surface area (Å²) in [6.07, 6.45) is 12.5. The van der Waals surface area contributed by atoms with Gasteiger partial charge in [0.2, 0.25) is 5.95 Å². The number of anilines is 2. The van der Waals surface area contributed by atoms with Crippen LogP contribution in [0, 0.1) is 0 Å². The smallest absolute Gasteiger partial charge is 0.337 e. The maximum absolute atomic E-state index is 11.3. The van der Waals surface area contributed by atoms with E-state index in [0.717, 1.165) is 12.0 Å². The Morgan fingerprint density at radius 1 is 1.23 bits per heavy atom. The lowest BCUT2D eigenvalue weighted by Gasteiger charge is -2.13. The van der Waals surface area contributed by atoms with E-state index in [4.69, 9.17) is 0 Å². The Hall–Kier alpha value is -4.07. The number of hydrogen-bond acceptors (Lipinski definition) is 7. The molecule has 0 aliphatic carbocycles. The minimum atomic E-state index is -1.04. The second kappa shape index (κ2) is 9.92. The van der Waals surface area contributed by atoms with Crippen LogP contribution in [0.25, 0.3) is 11.1 Å². The summed E-state index contributed by atoms with van der Waals surface area (Å²) in [5, 5.41) is 15.6. The van der Waals surface area contributed by atoms with Crippen LogP contribution in [0.1, 0.15) is 22.8 Å². The molecule has 0 saturated carbocycles. The molecule has 3 aromatic heterocycles. The van der Waals surface area contributed by atoms with Crippen molar-refractivity contribution in [3.63, 3.8) is 0 Å². The topological polar surface area (TPSA) is 113 Å². The quantitative estimate of drug-likeness (QED) is 0.463. The van der Waals surface area contributed by atoms with Crippen molar-refractivity contribution in [1.82, 2.24) is 19.9 Å². The maximum atomic E-state index is 11.3. The van der Waals surface area contributed by atoms with Crippen LogP contribution in [-0.4, -0.2) is 37.6 Å². The zero-order chi connectivity index (χ0) is 21.3. The molecule has 0 spiro atoms. The highest BCUT2D eigenvalue weighted by molar-refractivity contribution is 5.89. The largest absolute Gasteiger partial charge is 0.478 e. The molecule has 8 nitrogen and oxygen atoms in total. The van der Waals surface area contributed by atoms with Crippen molar-refractivity contribution in [1.29, 1.82) is 0 Å². The fourth-order valence-corrected chi connectivity index (χ4v) is 2.75. The first kappa shape index (κ1) is 20.7. The lowest BCUT2D eigenvalue weighted by Crippen LogP contribution is -2.10. The lowest BCUT2D eigenvalue weighted by atomic mass is 10.1. The minimum Gasteiger partial charge on any atom is -0.478 e. The van der Waals surface area contributed by atoms with Crippen LogP contribution in [-0.2, 0) is 6.42 Å². The average molecular weight is 402 g/mol. The molecular weight excluding hydrogens is 380 g/mol. The molecule has 3 heterocycles. The van der Waals surface area contributed by atoms with Crippen molar-refractivity contribution >= 4 is 17.7 Å². The molecule has 0 aromatic carbocycles. The van der Waals surface area contributed by atoms with Gasteiger partial charge in [0.05, 0.1) is 5.56 Å². The summed E-state index contributed by atoms with van der Waals surface area (Å²) < 4.78 is 0. The fourth-order valence-electron chi connectivity index (χ4n) is 2.75. The number of aromatic nitrogens is 4. The molecule has 3 N–H and O–H groups in total. The molecule has 3 aromatic rings. The minimum absolute atomic E-state index is 0.0949. The highest BCUT2D eigenvalue weighted by atomic mass is 16.4. The van der Waals surface area contributed by atoms with Gasteiger partial charge in [0.1, 0.15) is 5.82 Å². The second-order valence-electron chi connectivity index (χ2n) is 6.41. The number of rotatable bonds is 9. The Labute approximate surface area is 174 Å². The van der Waals surface area contributed by atoms with Crippen LogP contribution >= 0.6 is 0 Å². The number of aromatic carboxylic acids is 1. The van der Waals surface area contributed by atoms with Gasteiger partial charge in [-0.3, -0.25) is 9.97 Å². The van der Waals surface area contributed by atoms with Crippen LogP contribution in [0.4, 0.5) is 11.8 Å². The van der Waals surface area contributed by atoms with Gasteiger partial charge in [-0.15, -0.1) is 0 Å². The van der Waals surface area contributed by atoms with Crippen molar-refractivity contribution in [2.45, 2.75) is 13.3 Å². The molecule has 0 atom stereocenters. The van der Waals surface area contributed by atoms with Gasteiger partial charge < -0.3 is 15.7 Å². The second-order valence-corrected chi connectivity index (χ2v) is 6.41. The fraction of sp³-hybridized carbons (Fsp3) is 0.136. The van der Waals surface area contributed by atoms with E-state index in [9.17, 15) is 9.90 Å². The number of allylic oxidation sites excluding steroid dienone is 2. The van der Waals surface area contributed by atoms with Gasteiger partial charge in [0.15, 0.2) is 0 Å². The lowest BCUT2D eigenvalue weighted by molar-refractivity contribution is 0.0696. The summed E-state index contributed by atoms with van der Waals surface area (Å²) in [4.78, 5) is 28.4. The molecule has 152 valence electrons. The summed E-state index contributed by atoms with van der Waals surface area (Å²) >= 11 is 0. The highest BCUT2D eigenvalue weighted by Gasteiger charge is 2.13. The van der Waals surface area contributed by atoms with Crippen molar-refractivity contribution in [2.75, 3.05) is 17.2 Å². The number of carboxylic acids is 1. The molecule has 0 bridgehead atoms. The van der Waals surface area contributed by atoms with E-state index < -0.39 is 5.97 Å². The third-order valence-corrected chi connectivity index (χ3v) is 4.15. The predicted molar refractivity (Wildman–Crippen MR) is 116 cm³/mol. The van der Waals surface area contributed by atoms with E-state index in [-0.39, 0.29) is 5.56 Å². The molecule has 3 rings (SSSR count). The number of carboxylic acid groups (broad SMARTS) is 1. The maximum Gasteiger partial charge on any atom is 0.337 e. The number of carbonyl (C=O) groups is 1. The van der Waals surface area contributed by atoms with Gasteiger partial charge in [0, 0.05) is 54.4 Å². The molecule has 30 heavy (non-hydrogen) atoms. The zero-order valence-corrected chi connectivity index (χ0v) is 16.5. The number of nitrogens with one attached hydrogen (secondary N) is 2. The number of pyridine rings is 2. The van der Waals surface area contributed by atoms with Gasteiger partial charge in [-0.25, -0.2) is 9.78 Å². The molecule has 0 aliphatic rings. The van der Waals surface area contributed by atoms with Gasteiger partial charge >= 0.3 is 5.97 Å². The van der Waals surface area contributed by atoms with Crippen molar-refractivity contribution in [3.8, 4) is 11.1 Å². The van der Waals surface area contributed by atoms with Gasteiger partial charge in [-0.05, 0) is 37.1 Å². The average Bonchev–Trinajstić information content (AvgIpc) is 2.75. The molecule has 0 fully saturated rings. The van der Waals surface area contributed by atoms with Crippen molar-refractivity contribution in [3.05, 3.63) is 84.7 Å². The molecular formula is C22H22N6O2. The molecule has 0 amide bonds. The van der Waals surface area contributed by atoms with Gasteiger partial charge in [-0.2, -0.15) is 4.98 Å². The van der Waals surface area contributed by atoms with Crippen LogP contribution in [0.3, 0.4) is 0 Å². The Bertz CT molecular complexity index is 1070. The normalized spacial score (nSPS) is 10.7. The van der Waals surface area contributed by atoms with Crippen LogP contribution in [0.2, 0.25) is 0 Å².